The third-order valence-electron chi connectivity index (χ3n) is 3.24. The molecule has 1 aliphatic carbocycles. The number of rotatable bonds is 5. The van der Waals surface area contributed by atoms with Crippen LogP contribution >= 0.6 is 11.6 Å². The summed E-state index contributed by atoms with van der Waals surface area (Å²) in [5.41, 5.74) is 1.83. The van der Waals surface area contributed by atoms with E-state index in [4.69, 9.17) is 11.6 Å². The van der Waals surface area contributed by atoms with Crippen LogP contribution < -0.4 is 5.32 Å². The summed E-state index contributed by atoms with van der Waals surface area (Å²) in [6.07, 6.45) is 2.08. The van der Waals surface area contributed by atoms with Crippen LogP contribution in [0.5, 0.6) is 0 Å². The largest absolute Gasteiger partial charge is 0.394 e. The molecule has 0 atom stereocenters. The summed E-state index contributed by atoms with van der Waals surface area (Å²) in [5.74, 6) is 0. The highest BCUT2D eigenvalue weighted by molar-refractivity contribution is 6.31. The molecule has 1 aliphatic rings. The quantitative estimate of drug-likeness (QED) is 0.824. The predicted octanol–water partition coefficient (Wildman–Crippen LogP) is 1.48. The summed E-state index contributed by atoms with van der Waals surface area (Å²) in [4.78, 5) is 0. The second kappa shape index (κ2) is 4.35. The number of hydrogen-bond donors (Lipinski definition) is 2. The number of aromatic nitrogens is 2. The van der Waals surface area contributed by atoms with Gasteiger partial charge in [0.25, 0.3) is 0 Å². The van der Waals surface area contributed by atoms with E-state index in [1.54, 1.807) is 0 Å². The van der Waals surface area contributed by atoms with Gasteiger partial charge >= 0.3 is 0 Å². The highest BCUT2D eigenvalue weighted by Crippen LogP contribution is 2.35. The fourth-order valence-corrected chi connectivity index (χ4v) is 2.05. The van der Waals surface area contributed by atoms with Gasteiger partial charge in [-0.1, -0.05) is 11.6 Å². The van der Waals surface area contributed by atoms with Crippen molar-refractivity contribution in [1.82, 2.24) is 15.1 Å². The molecule has 0 aliphatic heterocycles. The molecule has 1 aromatic heterocycles. The average molecular weight is 244 g/mol. The molecule has 1 saturated carbocycles. The molecule has 2 N–H and O–H groups in total. The zero-order chi connectivity index (χ0) is 11.8. The second-order valence-electron chi connectivity index (χ2n) is 4.45. The average Bonchev–Trinajstić information content (AvgIpc) is 3.02. The van der Waals surface area contributed by atoms with Gasteiger partial charge in [-0.3, -0.25) is 4.68 Å². The monoisotopic (exact) mass is 243 g/mol. The standard InChI is InChI=1S/C11H18ClN3O/c1-3-15-9(10(12)8(2)14-15)6-13-11(7-16)4-5-11/h13,16H,3-7H2,1-2H3. The Labute approximate surface area is 101 Å². The lowest BCUT2D eigenvalue weighted by Gasteiger charge is -2.14. The molecule has 0 unspecified atom stereocenters. The Kier molecular flexibility index (Phi) is 3.24. The van der Waals surface area contributed by atoms with E-state index in [1.807, 2.05) is 18.5 Å². The molecule has 0 saturated heterocycles. The third kappa shape index (κ3) is 2.10. The Bertz CT molecular complexity index is 385. The maximum Gasteiger partial charge on any atom is 0.0860 e. The van der Waals surface area contributed by atoms with Gasteiger partial charge < -0.3 is 10.4 Å². The maximum absolute atomic E-state index is 9.22. The molecule has 1 fully saturated rings. The van der Waals surface area contributed by atoms with Crippen LogP contribution in [0.4, 0.5) is 0 Å². The van der Waals surface area contributed by atoms with Crippen LogP contribution in [0.2, 0.25) is 5.02 Å². The summed E-state index contributed by atoms with van der Waals surface area (Å²) >= 11 is 6.20. The van der Waals surface area contributed by atoms with Gasteiger partial charge in [0.2, 0.25) is 0 Å². The number of halogens is 1. The van der Waals surface area contributed by atoms with Crippen molar-refractivity contribution >= 4 is 11.6 Å². The minimum Gasteiger partial charge on any atom is -0.394 e. The molecule has 0 bridgehead atoms. The van der Waals surface area contributed by atoms with E-state index < -0.39 is 0 Å². The smallest absolute Gasteiger partial charge is 0.0860 e. The molecule has 0 aromatic carbocycles. The van der Waals surface area contributed by atoms with Crippen LogP contribution in [0.25, 0.3) is 0 Å². The predicted molar refractivity (Wildman–Crippen MR) is 63.5 cm³/mol. The van der Waals surface area contributed by atoms with Crippen molar-refractivity contribution in [2.45, 2.75) is 45.3 Å². The number of aryl methyl sites for hydroxylation is 2. The van der Waals surface area contributed by atoms with Crippen LogP contribution in [-0.4, -0.2) is 27.0 Å². The molecule has 0 radical (unpaired) electrons. The number of hydrogen-bond acceptors (Lipinski definition) is 3. The lowest BCUT2D eigenvalue weighted by Crippen LogP contribution is -2.34. The number of aliphatic hydroxyl groups excluding tert-OH is 1. The first-order valence-corrected chi connectivity index (χ1v) is 6.07. The van der Waals surface area contributed by atoms with Crippen molar-refractivity contribution in [2.75, 3.05) is 6.61 Å². The third-order valence-corrected chi connectivity index (χ3v) is 3.73. The zero-order valence-corrected chi connectivity index (χ0v) is 10.5. The first-order valence-electron chi connectivity index (χ1n) is 5.69. The first kappa shape index (κ1) is 11.9. The van der Waals surface area contributed by atoms with Crippen molar-refractivity contribution in [2.24, 2.45) is 0 Å². The van der Waals surface area contributed by atoms with Crippen molar-refractivity contribution in [1.29, 1.82) is 0 Å². The summed E-state index contributed by atoms with van der Waals surface area (Å²) in [6.45, 7) is 5.65. The lowest BCUT2D eigenvalue weighted by molar-refractivity contribution is 0.228. The fourth-order valence-electron chi connectivity index (χ4n) is 1.85. The van der Waals surface area contributed by atoms with Crippen LogP contribution in [-0.2, 0) is 13.1 Å². The van der Waals surface area contributed by atoms with Crippen molar-refractivity contribution < 1.29 is 5.11 Å². The molecule has 0 amide bonds. The van der Waals surface area contributed by atoms with Crippen LogP contribution in [0.1, 0.15) is 31.2 Å². The normalized spacial score (nSPS) is 17.8. The maximum atomic E-state index is 9.22. The number of nitrogens with zero attached hydrogens (tertiary/aromatic N) is 2. The minimum atomic E-state index is -0.0555. The van der Waals surface area contributed by atoms with Gasteiger partial charge in [-0.15, -0.1) is 0 Å². The van der Waals surface area contributed by atoms with Gasteiger partial charge in [-0.05, 0) is 26.7 Å². The van der Waals surface area contributed by atoms with Crippen molar-refractivity contribution in [3.05, 3.63) is 16.4 Å². The summed E-state index contributed by atoms with van der Waals surface area (Å²) in [5, 5.41) is 17.7. The molecular weight excluding hydrogens is 226 g/mol. The van der Waals surface area contributed by atoms with E-state index >= 15 is 0 Å². The molecule has 4 nitrogen and oxygen atoms in total. The van der Waals surface area contributed by atoms with E-state index in [0.29, 0.717) is 6.54 Å². The highest BCUT2D eigenvalue weighted by atomic mass is 35.5. The van der Waals surface area contributed by atoms with Crippen molar-refractivity contribution in [3.8, 4) is 0 Å². The minimum absolute atomic E-state index is 0.0555. The molecule has 2 rings (SSSR count). The van der Waals surface area contributed by atoms with E-state index in [-0.39, 0.29) is 12.1 Å². The van der Waals surface area contributed by atoms with E-state index in [1.165, 1.54) is 0 Å². The van der Waals surface area contributed by atoms with Gasteiger partial charge in [-0.25, -0.2) is 0 Å². The van der Waals surface area contributed by atoms with Crippen LogP contribution in [0.15, 0.2) is 0 Å². The Morgan fingerprint density at radius 3 is 2.75 bits per heavy atom. The Hall–Kier alpha value is -0.580. The zero-order valence-electron chi connectivity index (χ0n) is 9.76. The number of aliphatic hydroxyl groups is 1. The molecule has 1 aromatic rings. The van der Waals surface area contributed by atoms with Crippen molar-refractivity contribution in [3.63, 3.8) is 0 Å². The highest BCUT2D eigenvalue weighted by Gasteiger charge is 2.41. The fraction of sp³-hybridized carbons (Fsp3) is 0.727. The van der Waals surface area contributed by atoms with Gasteiger partial charge in [0.1, 0.15) is 0 Å². The molecule has 90 valence electrons. The van der Waals surface area contributed by atoms with E-state index in [0.717, 1.165) is 35.8 Å². The topological polar surface area (TPSA) is 50.1 Å². The van der Waals surface area contributed by atoms with Crippen LogP contribution in [0, 0.1) is 6.92 Å². The summed E-state index contributed by atoms with van der Waals surface area (Å²) in [7, 11) is 0. The van der Waals surface area contributed by atoms with Gasteiger partial charge in [0.15, 0.2) is 0 Å². The SMILES string of the molecule is CCn1nc(C)c(Cl)c1CNC1(CO)CC1. The Morgan fingerprint density at radius 2 is 2.25 bits per heavy atom. The first-order chi connectivity index (χ1) is 7.62. The number of nitrogens with one attached hydrogen (secondary N) is 1. The molecule has 1 heterocycles. The Balaban J connectivity index is 2.08. The summed E-state index contributed by atoms with van der Waals surface area (Å²) in [6, 6.07) is 0. The van der Waals surface area contributed by atoms with E-state index in [9.17, 15) is 5.11 Å². The van der Waals surface area contributed by atoms with Gasteiger partial charge in [-0.2, -0.15) is 5.10 Å². The van der Waals surface area contributed by atoms with Gasteiger partial charge in [0, 0.05) is 18.6 Å². The molecular formula is C11H18ClN3O. The summed E-state index contributed by atoms with van der Waals surface area (Å²) < 4.78 is 1.91. The molecule has 0 spiro atoms. The molecule has 16 heavy (non-hydrogen) atoms. The second-order valence-corrected chi connectivity index (χ2v) is 4.83. The lowest BCUT2D eigenvalue weighted by atomic mass is 10.2. The Morgan fingerprint density at radius 1 is 1.56 bits per heavy atom. The van der Waals surface area contributed by atoms with Crippen LogP contribution in [0.3, 0.4) is 0 Å². The van der Waals surface area contributed by atoms with Gasteiger partial charge in [0.05, 0.1) is 23.0 Å². The van der Waals surface area contributed by atoms with E-state index in [2.05, 4.69) is 10.4 Å². The molecule has 5 heteroatoms.